The number of nitrogens with one attached hydrogen (secondary N) is 1. The lowest BCUT2D eigenvalue weighted by Gasteiger charge is -2.33. The normalized spacial score (nSPS) is 35.5. The number of nitrogens with zero attached hydrogens (tertiary/aromatic N) is 1. The van der Waals surface area contributed by atoms with Crippen molar-refractivity contribution in [3.63, 3.8) is 0 Å². The van der Waals surface area contributed by atoms with Gasteiger partial charge >= 0.3 is 0 Å². The molecular weight excluding hydrogens is 168 g/mol. The summed E-state index contributed by atoms with van der Waals surface area (Å²) >= 11 is 0. The predicted octanol–water partition coefficient (Wildman–Crippen LogP) is -0.0568. The average Bonchev–Trinajstić information content (AvgIpc) is 2.51. The molecule has 2 rings (SSSR count). The predicted molar refractivity (Wildman–Crippen MR) is 48.2 cm³/mol. The van der Waals surface area contributed by atoms with Gasteiger partial charge < -0.3 is 9.64 Å². The third-order valence-corrected chi connectivity index (χ3v) is 2.78. The Morgan fingerprint density at radius 2 is 2.46 bits per heavy atom. The second kappa shape index (κ2) is 3.64. The largest absolute Gasteiger partial charge is 0.378 e. The highest BCUT2D eigenvalue weighted by Gasteiger charge is 2.30. The van der Waals surface area contributed by atoms with E-state index in [2.05, 4.69) is 12.2 Å². The summed E-state index contributed by atoms with van der Waals surface area (Å²) in [5.74, 6) is 0.235. The zero-order valence-electron chi connectivity index (χ0n) is 7.95. The van der Waals surface area contributed by atoms with Gasteiger partial charge in [-0.3, -0.25) is 10.1 Å². The summed E-state index contributed by atoms with van der Waals surface area (Å²) in [6, 6.07) is 0.395. The van der Waals surface area contributed by atoms with Crippen molar-refractivity contribution < 1.29 is 9.53 Å². The fourth-order valence-electron chi connectivity index (χ4n) is 2.06. The minimum Gasteiger partial charge on any atom is -0.378 e. The van der Waals surface area contributed by atoms with Crippen LogP contribution in [-0.2, 0) is 9.53 Å². The minimum absolute atomic E-state index is 0.235. The summed E-state index contributed by atoms with van der Waals surface area (Å²) in [5, 5.41) is 3.07. The fourth-order valence-corrected chi connectivity index (χ4v) is 2.06. The molecule has 0 bridgehead atoms. The van der Waals surface area contributed by atoms with Gasteiger partial charge in [0.2, 0.25) is 5.91 Å². The van der Waals surface area contributed by atoms with Crippen LogP contribution in [0.25, 0.3) is 0 Å². The summed E-state index contributed by atoms with van der Waals surface area (Å²) < 4.78 is 5.44. The highest BCUT2D eigenvalue weighted by Crippen LogP contribution is 2.19. The van der Waals surface area contributed by atoms with Gasteiger partial charge in [-0.2, -0.15) is 0 Å². The molecule has 2 aliphatic rings. The van der Waals surface area contributed by atoms with Crippen molar-refractivity contribution in [2.75, 3.05) is 19.8 Å². The van der Waals surface area contributed by atoms with Gasteiger partial charge in [0.1, 0.15) is 0 Å². The zero-order valence-corrected chi connectivity index (χ0v) is 7.95. The Bertz CT molecular complexity index is 208. The van der Waals surface area contributed by atoms with Gasteiger partial charge in [0.25, 0.3) is 0 Å². The monoisotopic (exact) mass is 184 g/mol. The molecule has 2 aliphatic heterocycles. The number of hydrogen-bond acceptors (Lipinski definition) is 3. The van der Waals surface area contributed by atoms with Gasteiger partial charge in [-0.25, -0.2) is 0 Å². The van der Waals surface area contributed by atoms with Crippen molar-refractivity contribution in [2.45, 2.75) is 31.9 Å². The highest BCUT2D eigenvalue weighted by molar-refractivity contribution is 5.80. The maximum absolute atomic E-state index is 11.4. The van der Waals surface area contributed by atoms with E-state index in [0.717, 1.165) is 26.1 Å². The molecule has 2 fully saturated rings. The van der Waals surface area contributed by atoms with E-state index < -0.39 is 0 Å². The molecule has 0 saturated carbocycles. The Hall–Kier alpha value is -0.610. The Kier molecular flexibility index (Phi) is 2.51. The first-order valence-electron chi connectivity index (χ1n) is 4.89. The van der Waals surface area contributed by atoms with Gasteiger partial charge in [0.15, 0.2) is 0 Å². The van der Waals surface area contributed by atoms with Crippen molar-refractivity contribution >= 4 is 5.91 Å². The van der Waals surface area contributed by atoms with Gasteiger partial charge in [-0.05, 0) is 19.8 Å². The molecule has 0 radical (unpaired) electrons. The van der Waals surface area contributed by atoms with Crippen molar-refractivity contribution in [3.05, 3.63) is 0 Å². The molecule has 1 N–H and O–H groups in total. The van der Waals surface area contributed by atoms with Crippen LogP contribution in [0, 0.1) is 0 Å². The Morgan fingerprint density at radius 1 is 1.62 bits per heavy atom. The van der Waals surface area contributed by atoms with Crippen LogP contribution >= 0.6 is 0 Å². The van der Waals surface area contributed by atoms with Gasteiger partial charge in [-0.15, -0.1) is 0 Å². The minimum atomic E-state index is 0.235. The van der Waals surface area contributed by atoms with E-state index in [4.69, 9.17) is 4.74 Å². The topological polar surface area (TPSA) is 41.6 Å². The van der Waals surface area contributed by atoms with Crippen LogP contribution in [0.1, 0.15) is 19.8 Å². The summed E-state index contributed by atoms with van der Waals surface area (Å²) in [4.78, 5) is 13.3. The van der Waals surface area contributed by atoms with Crippen LogP contribution in [0.5, 0.6) is 0 Å². The quantitative estimate of drug-likeness (QED) is 0.621. The van der Waals surface area contributed by atoms with Crippen LogP contribution in [0.4, 0.5) is 0 Å². The lowest BCUT2D eigenvalue weighted by Crippen LogP contribution is -2.43. The van der Waals surface area contributed by atoms with E-state index in [-0.39, 0.29) is 5.91 Å². The number of amides is 1. The van der Waals surface area contributed by atoms with Crippen LogP contribution in [0.2, 0.25) is 0 Å². The van der Waals surface area contributed by atoms with Crippen molar-refractivity contribution in [3.8, 4) is 0 Å². The number of carbonyl (C=O) groups is 1. The molecule has 2 unspecified atom stereocenters. The van der Waals surface area contributed by atoms with Crippen molar-refractivity contribution in [2.24, 2.45) is 0 Å². The lowest BCUT2D eigenvalue weighted by molar-refractivity contribution is -0.131. The molecule has 0 aromatic rings. The number of carbonyl (C=O) groups excluding carboxylic acids is 1. The second-order valence-electron chi connectivity index (χ2n) is 3.81. The molecule has 0 aliphatic carbocycles. The molecule has 2 saturated heterocycles. The van der Waals surface area contributed by atoms with Gasteiger partial charge in [0.05, 0.1) is 19.3 Å². The van der Waals surface area contributed by atoms with Crippen LogP contribution < -0.4 is 5.32 Å². The molecule has 4 nitrogen and oxygen atoms in total. The number of ether oxygens (including phenoxy) is 1. The first-order valence-corrected chi connectivity index (χ1v) is 4.89. The first kappa shape index (κ1) is 8.97. The molecule has 74 valence electrons. The van der Waals surface area contributed by atoms with E-state index in [1.54, 1.807) is 0 Å². The maximum atomic E-state index is 11.4. The third kappa shape index (κ3) is 1.84. The van der Waals surface area contributed by atoms with E-state index >= 15 is 0 Å². The van der Waals surface area contributed by atoms with Crippen LogP contribution in [-0.4, -0.2) is 42.8 Å². The summed E-state index contributed by atoms with van der Waals surface area (Å²) in [5.41, 5.74) is 0. The van der Waals surface area contributed by atoms with Crippen molar-refractivity contribution in [1.29, 1.82) is 0 Å². The van der Waals surface area contributed by atoms with E-state index in [1.165, 1.54) is 0 Å². The Labute approximate surface area is 78.2 Å². The van der Waals surface area contributed by atoms with Crippen molar-refractivity contribution in [1.82, 2.24) is 10.2 Å². The fraction of sp³-hybridized carbons (Fsp3) is 0.889. The molecule has 1 amide bonds. The third-order valence-electron chi connectivity index (χ3n) is 2.78. The summed E-state index contributed by atoms with van der Waals surface area (Å²) in [6.07, 6.45) is 2.26. The molecule has 2 atom stereocenters. The number of hydrogen-bond donors (Lipinski definition) is 1. The molecule has 4 heteroatoms. The summed E-state index contributed by atoms with van der Waals surface area (Å²) in [7, 11) is 0. The van der Waals surface area contributed by atoms with E-state index in [9.17, 15) is 4.79 Å². The van der Waals surface area contributed by atoms with E-state index in [1.807, 2.05) is 4.90 Å². The maximum Gasteiger partial charge on any atom is 0.237 e. The smallest absolute Gasteiger partial charge is 0.237 e. The standard InChI is InChI=1S/C9H16N2O2/c1-7-4-8(2-3-13-7)11-6-10-5-9(11)12/h7-8,10H,2-6H2,1H3. The molecular formula is C9H16N2O2. The van der Waals surface area contributed by atoms with Gasteiger partial charge in [0, 0.05) is 12.6 Å². The molecule has 0 aromatic heterocycles. The molecule has 13 heavy (non-hydrogen) atoms. The average molecular weight is 184 g/mol. The van der Waals surface area contributed by atoms with E-state index in [0.29, 0.717) is 18.7 Å². The zero-order chi connectivity index (χ0) is 9.26. The molecule has 2 heterocycles. The Balaban J connectivity index is 1.95. The van der Waals surface area contributed by atoms with Crippen LogP contribution in [0.3, 0.4) is 0 Å². The van der Waals surface area contributed by atoms with Gasteiger partial charge in [-0.1, -0.05) is 0 Å². The molecule has 0 aromatic carbocycles. The first-order chi connectivity index (χ1) is 6.27. The Morgan fingerprint density at radius 3 is 3.08 bits per heavy atom. The summed E-state index contributed by atoms with van der Waals surface area (Å²) in [6.45, 7) is 4.08. The lowest BCUT2D eigenvalue weighted by atomic mass is 10.0. The molecule has 0 spiro atoms. The van der Waals surface area contributed by atoms with Crippen LogP contribution in [0.15, 0.2) is 0 Å². The number of rotatable bonds is 1. The highest BCUT2D eigenvalue weighted by atomic mass is 16.5. The second-order valence-corrected chi connectivity index (χ2v) is 3.81. The SMILES string of the molecule is CC1CC(N2CNCC2=O)CCO1.